The van der Waals surface area contributed by atoms with Gasteiger partial charge in [0.15, 0.2) is 5.75 Å². The highest BCUT2D eigenvalue weighted by atomic mass is 16.5. The number of likely N-dealkylation sites (N-methyl/N-ethyl adjacent to an activating group) is 1. The Bertz CT molecular complexity index is 798. The Morgan fingerprint density at radius 3 is 2.88 bits per heavy atom. The number of aromatic amines is 1. The summed E-state index contributed by atoms with van der Waals surface area (Å²) in [6.07, 6.45) is 1.99. The van der Waals surface area contributed by atoms with Crippen LogP contribution in [0.3, 0.4) is 0 Å². The van der Waals surface area contributed by atoms with E-state index in [0.29, 0.717) is 24.5 Å². The van der Waals surface area contributed by atoms with E-state index in [1.165, 1.54) is 7.11 Å². The Hall–Kier alpha value is -2.16. The molecule has 0 saturated carbocycles. The Kier molecular flexibility index (Phi) is 5.75. The van der Waals surface area contributed by atoms with Gasteiger partial charge in [-0.05, 0) is 26.6 Å². The first-order valence-corrected chi connectivity index (χ1v) is 8.83. The highest BCUT2D eigenvalue weighted by Gasteiger charge is 2.20. The smallest absolute Gasteiger partial charge is 0.223 e. The second-order valence-corrected chi connectivity index (χ2v) is 7.02. The van der Waals surface area contributed by atoms with Crippen molar-refractivity contribution in [3.8, 4) is 5.75 Å². The molecule has 3 heterocycles. The maximum Gasteiger partial charge on any atom is 0.223 e. The molecule has 26 heavy (non-hydrogen) atoms. The zero-order valence-electron chi connectivity index (χ0n) is 15.6. The van der Waals surface area contributed by atoms with Crippen LogP contribution in [-0.4, -0.2) is 64.0 Å². The molecule has 2 aromatic rings. The first-order valence-electron chi connectivity index (χ1n) is 8.83. The van der Waals surface area contributed by atoms with Crippen LogP contribution in [0.4, 0.5) is 0 Å². The monoisotopic (exact) mass is 361 g/mol. The summed E-state index contributed by atoms with van der Waals surface area (Å²) in [7, 11) is 5.35. The van der Waals surface area contributed by atoms with E-state index in [9.17, 15) is 9.90 Å². The molecular weight excluding hydrogens is 334 g/mol. The van der Waals surface area contributed by atoms with Crippen molar-refractivity contribution in [1.29, 1.82) is 0 Å². The molecule has 0 spiro atoms. The number of hydrogen-bond acceptors (Lipinski definition) is 6. The lowest BCUT2D eigenvalue weighted by Gasteiger charge is -2.19. The summed E-state index contributed by atoms with van der Waals surface area (Å²) in [5.41, 5.74) is 2.55. The van der Waals surface area contributed by atoms with Crippen LogP contribution in [0.2, 0.25) is 0 Å². The summed E-state index contributed by atoms with van der Waals surface area (Å²) in [6.45, 7) is 3.69. The number of rotatable bonds is 6. The number of aliphatic hydroxyl groups excluding tert-OH is 1. The van der Waals surface area contributed by atoms with Crippen molar-refractivity contribution < 1.29 is 9.84 Å². The summed E-state index contributed by atoms with van der Waals surface area (Å²) < 4.78 is 7.00. The van der Waals surface area contributed by atoms with Crippen LogP contribution < -0.4 is 10.2 Å². The second kappa shape index (κ2) is 8.03. The van der Waals surface area contributed by atoms with Crippen molar-refractivity contribution in [2.45, 2.75) is 32.2 Å². The molecular formula is C18H27N5O3. The van der Waals surface area contributed by atoms with Gasteiger partial charge in [-0.25, -0.2) is 0 Å². The topological polar surface area (TPSA) is 86.6 Å². The molecule has 2 aromatic heterocycles. The average Bonchev–Trinajstić information content (AvgIpc) is 2.88. The molecule has 0 fully saturated rings. The molecule has 142 valence electrons. The number of fused-ring (bicyclic) bond motifs is 1. The lowest BCUT2D eigenvalue weighted by Crippen LogP contribution is -2.24. The van der Waals surface area contributed by atoms with Crippen LogP contribution in [0.1, 0.15) is 29.6 Å². The van der Waals surface area contributed by atoms with Gasteiger partial charge in [-0.15, -0.1) is 0 Å². The number of hydrogen-bond donors (Lipinski definition) is 2. The highest BCUT2D eigenvalue weighted by Crippen LogP contribution is 2.19. The molecule has 1 aliphatic rings. The van der Waals surface area contributed by atoms with E-state index in [-0.39, 0.29) is 5.43 Å². The van der Waals surface area contributed by atoms with E-state index in [4.69, 9.17) is 4.74 Å². The summed E-state index contributed by atoms with van der Waals surface area (Å²) in [5.74, 6) is 0.321. The van der Waals surface area contributed by atoms with Crippen molar-refractivity contribution in [1.82, 2.24) is 24.6 Å². The summed E-state index contributed by atoms with van der Waals surface area (Å²) >= 11 is 0. The molecule has 0 amide bonds. The van der Waals surface area contributed by atoms with Crippen molar-refractivity contribution in [3.63, 3.8) is 0 Å². The molecule has 8 heteroatoms. The Morgan fingerprint density at radius 1 is 1.38 bits per heavy atom. The number of aryl methyl sites for hydroxylation is 1. The number of aromatic nitrogens is 3. The van der Waals surface area contributed by atoms with E-state index in [0.717, 1.165) is 37.4 Å². The van der Waals surface area contributed by atoms with Gasteiger partial charge in [0.05, 0.1) is 18.5 Å². The number of ether oxygens (including phenoxy) is 1. The van der Waals surface area contributed by atoms with Crippen LogP contribution in [0, 0.1) is 0 Å². The van der Waals surface area contributed by atoms with Crippen LogP contribution >= 0.6 is 0 Å². The van der Waals surface area contributed by atoms with Gasteiger partial charge >= 0.3 is 0 Å². The fraction of sp³-hybridized carbons (Fsp3) is 0.556. The van der Waals surface area contributed by atoms with Crippen LogP contribution in [0.15, 0.2) is 23.1 Å². The second-order valence-electron chi connectivity index (χ2n) is 7.02. The van der Waals surface area contributed by atoms with Crippen molar-refractivity contribution in [3.05, 3.63) is 45.6 Å². The maximum atomic E-state index is 11.9. The van der Waals surface area contributed by atoms with E-state index in [1.54, 1.807) is 12.3 Å². The number of nitrogens with one attached hydrogen (secondary N) is 1. The normalized spacial score (nSPS) is 16.3. The van der Waals surface area contributed by atoms with Crippen LogP contribution in [0.5, 0.6) is 5.75 Å². The Balaban J connectivity index is 1.72. The Labute approximate surface area is 153 Å². The molecule has 0 aliphatic carbocycles. The number of nitrogens with zero attached hydrogens (tertiary/aromatic N) is 4. The van der Waals surface area contributed by atoms with Gasteiger partial charge in [0.25, 0.3) is 0 Å². The molecule has 0 bridgehead atoms. The fourth-order valence-corrected chi connectivity index (χ4v) is 3.28. The molecule has 0 aromatic carbocycles. The molecule has 8 nitrogen and oxygen atoms in total. The van der Waals surface area contributed by atoms with Gasteiger partial charge in [-0.2, -0.15) is 5.10 Å². The first kappa shape index (κ1) is 18.6. The highest BCUT2D eigenvalue weighted by molar-refractivity contribution is 5.20. The molecule has 0 saturated heterocycles. The number of aliphatic hydroxyl groups is 1. The lowest BCUT2D eigenvalue weighted by molar-refractivity contribution is 0.133. The zero-order valence-corrected chi connectivity index (χ0v) is 15.6. The quantitative estimate of drug-likeness (QED) is 0.783. The van der Waals surface area contributed by atoms with Gasteiger partial charge in [0.1, 0.15) is 6.10 Å². The molecule has 0 unspecified atom stereocenters. The first-order chi connectivity index (χ1) is 12.5. The third kappa shape index (κ3) is 4.32. The standard InChI is InChI=1S/C18H27N5O3/c1-21(2)12-17(25)15-8-14-11-22(5-4-6-23(14)20-15)10-13-7-16(24)18(26-3)9-19-13/h7-9,17,25H,4-6,10-12H2,1-3H3,(H,19,24)/t17-/m0/s1. The molecule has 2 N–H and O–H groups in total. The fourth-order valence-electron chi connectivity index (χ4n) is 3.28. The minimum Gasteiger partial charge on any atom is -0.491 e. The SMILES string of the molecule is COc1c[nH]c(CN2CCCn3nc([C@@H](O)CN(C)C)cc3C2)cc1=O. The van der Waals surface area contributed by atoms with Crippen molar-refractivity contribution in [2.24, 2.45) is 0 Å². The number of methoxy groups -OCH3 is 1. The van der Waals surface area contributed by atoms with E-state index >= 15 is 0 Å². The predicted molar refractivity (Wildman–Crippen MR) is 98.1 cm³/mol. The maximum absolute atomic E-state index is 11.9. The third-order valence-corrected chi connectivity index (χ3v) is 4.54. The van der Waals surface area contributed by atoms with Crippen LogP contribution in [0.25, 0.3) is 0 Å². The van der Waals surface area contributed by atoms with E-state index < -0.39 is 6.10 Å². The summed E-state index contributed by atoms with van der Waals surface area (Å²) in [6, 6.07) is 3.58. The van der Waals surface area contributed by atoms with E-state index in [2.05, 4.69) is 15.0 Å². The van der Waals surface area contributed by atoms with Crippen LogP contribution in [-0.2, 0) is 19.6 Å². The summed E-state index contributed by atoms with van der Waals surface area (Å²) in [5, 5.41) is 14.9. The molecule has 3 rings (SSSR count). The molecule has 0 radical (unpaired) electrons. The number of H-pyrrole nitrogens is 1. The van der Waals surface area contributed by atoms with Gasteiger partial charge in [-0.3, -0.25) is 14.4 Å². The summed E-state index contributed by atoms with van der Waals surface area (Å²) in [4.78, 5) is 19.3. The number of pyridine rings is 1. The van der Waals surface area contributed by atoms with Gasteiger partial charge in [0.2, 0.25) is 5.43 Å². The van der Waals surface area contributed by atoms with Crippen molar-refractivity contribution >= 4 is 0 Å². The molecule has 1 aliphatic heterocycles. The Morgan fingerprint density at radius 2 is 2.19 bits per heavy atom. The lowest BCUT2D eigenvalue weighted by atomic mass is 10.2. The van der Waals surface area contributed by atoms with E-state index in [1.807, 2.05) is 29.7 Å². The predicted octanol–water partition coefficient (Wildman–Crippen LogP) is 0.581. The zero-order chi connectivity index (χ0) is 18.7. The third-order valence-electron chi connectivity index (χ3n) is 4.54. The minimum atomic E-state index is -0.587. The van der Waals surface area contributed by atoms with Gasteiger partial charge in [0, 0.05) is 50.7 Å². The van der Waals surface area contributed by atoms with Crippen molar-refractivity contribution in [2.75, 3.05) is 34.3 Å². The van der Waals surface area contributed by atoms with Gasteiger partial charge < -0.3 is 19.7 Å². The molecule has 1 atom stereocenters. The average molecular weight is 361 g/mol. The van der Waals surface area contributed by atoms with Gasteiger partial charge in [-0.1, -0.05) is 0 Å². The minimum absolute atomic E-state index is 0.116. The largest absolute Gasteiger partial charge is 0.491 e.